The van der Waals surface area contributed by atoms with Crippen LogP contribution in [0.15, 0.2) is 0 Å². The molecule has 9 nitrogen and oxygen atoms in total. The van der Waals surface area contributed by atoms with Crippen molar-refractivity contribution in [1.29, 1.82) is 0 Å². The van der Waals surface area contributed by atoms with Gasteiger partial charge in [-0.25, -0.2) is 0 Å². The largest absolute Gasteiger partial charge is 0.480 e. The van der Waals surface area contributed by atoms with Gasteiger partial charge < -0.3 is 21.7 Å². The van der Waals surface area contributed by atoms with Crippen LogP contribution in [-0.4, -0.2) is 58.7 Å². The maximum atomic E-state index is 9.96. The number of hydrogen-bond donors (Lipinski definition) is 6. The van der Waals surface area contributed by atoms with Gasteiger partial charge in [0.25, 0.3) is 10.1 Å². The Labute approximate surface area is 103 Å². The van der Waals surface area contributed by atoms with E-state index < -0.39 is 39.9 Å². The van der Waals surface area contributed by atoms with Crippen molar-refractivity contribution >= 4 is 34.7 Å². The van der Waals surface area contributed by atoms with E-state index in [1.807, 2.05) is 0 Å². The number of carboxylic acids is 2. The lowest BCUT2D eigenvalue weighted by atomic mass is 10.4. The van der Waals surface area contributed by atoms with Gasteiger partial charge in [-0.2, -0.15) is 21.0 Å². The number of nitrogens with two attached hydrogens (primary N) is 2. The topological polar surface area (TPSA) is 181 Å². The molecule has 0 aromatic carbocycles. The highest BCUT2D eigenvalue weighted by Gasteiger charge is 2.18. The maximum absolute atomic E-state index is 9.96. The third kappa shape index (κ3) is 13.1. The fourth-order valence-electron chi connectivity index (χ4n) is 0.376. The highest BCUT2D eigenvalue weighted by Crippen LogP contribution is 1.86. The van der Waals surface area contributed by atoms with Crippen molar-refractivity contribution in [1.82, 2.24) is 0 Å². The Hall–Kier alpha value is -0.880. The summed E-state index contributed by atoms with van der Waals surface area (Å²) >= 11 is 3.65. The predicted molar refractivity (Wildman–Crippen MR) is 61.5 cm³/mol. The minimum absolute atomic E-state index is 0.190. The Morgan fingerprint density at radius 3 is 1.53 bits per heavy atom. The second-order valence-electron chi connectivity index (χ2n) is 2.82. The summed E-state index contributed by atoms with van der Waals surface area (Å²) in [6.07, 6.45) is 0. The lowest BCUT2D eigenvalue weighted by Crippen LogP contribution is -2.36. The zero-order chi connectivity index (χ0) is 14.2. The molecule has 0 rings (SSSR count). The molecule has 0 fully saturated rings. The Balaban J connectivity index is 0. The molecule has 0 amide bonds. The first-order chi connectivity index (χ1) is 7.51. The fourth-order valence-corrected chi connectivity index (χ4v) is 1.13. The van der Waals surface area contributed by atoms with E-state index >= 15 is 0 Å². The Kier molecular flexibility index (Phi) is 8.97. The SMILES string of the molecule is NC(CS(=O)(=O)O)C(=O)O.N[C@@H](CS)C(=O)O. The molecule has 102 valence electrons. The van der Waals surface area contributed by atoms with Crippen molar-refractivity contribution in [3.8, 4) is 0 Å². The lowest BCUT2D eigenvalue weighted by Gasteiger charge is -2.01. The highest BCUT2D eigenvalue weighted by atomic mass is 32.2. The molecule has 0 bridgehead atoms. The van der Waals surface area contributed by atoms with Gasteiger partial charge in [-0.05, 0) is 0 Å². The van der Waals surface area contributed by atoms with E-state index in [-0.39, 0.29) is 5.75 Å². The van der Waals surface area contributed by atoms with E-state index in [1.54, 1.807) is 0 Å². The van der Waals surface area contributed by atoms with Crippen molar-refractivity contribution in [2.24, 2.45) is 11.5 Å². The summed E-state index contributed by atoms with van der Waals surface area (Å²) in [5, 5.41) is 16.1. The monoisotopic (exact) mass is 290 g/mol. The molecule has 0 aliphatic carbocycles. The van der Waals surface area contributed by atoms with Crippen LogP contribution in [0, 0.1) is 0 Å². The van der Waals surface area contributed by atoms with Gasteiger partial charge in [0.05, 0.1) is 0 Å². The number of aliphatic carboxylic acids is 2. The first-order valence-corrected chi connectivity index (χ1v) is 6.28. The number of rotatable bonds is 5. The van der Waals surface area contributed by atoms with Crippen molar-refractivity contribution in [2.75, 3.05) is 11.5 Å². The van der Waals surface area contributed by atoms with Crippen molar-refractivity contribution in [2.45, 2.75) is 12.1 Å². The average Bonchev–Trinajstić information content (AvgIpc) is 2.14. The second kappa shape index (κ2) is 8.25. The van der Waals surface area contributed by atoms with Gasteiger partial charge >= 0.3 is 11.9 Å². The standard InChI is InChI=1S/C3H7NO5S.C3H7NO2S/c4-2(3(5)6)1-10(7,8)9;4-2(1-7)3(5)6/h2H,1,4H2,(H,5,6)(H,7,8,9);2,7H,1,4H2,(H,5,6)/t;2-/m.0/s1. The summed E-state index contributed by atoms with van der Waals surface area (Å²) in [5.41, 5.74) is 9.70. The molecule has 0 spiro atoms. The number of carboxylic acid groups (broad SMARTS) is 2. The summed E-state index contributed by atoms with van der Waals surface area (Å²) in [6.45, 7) is 0. The minimum Gasteiger partial charge on any atom is -0.480 e. The number of thiol groups is 1. The minimum atomic E-state index is -4.27. The van der Waals surface area contributed by atoms with Crippen LogP contribution < -0.4 is 11.5 Å². The van der Waals surface area contributed by atoms with Gasteiger partial charge in [0.15, 0.2) is 0 Å². The molecule has 2 atom stereocenters. The summed E-state index contributed by atoms with van der Waals surface area (Å²) < 4.78 is 28.0. The first kappa shape index (κ1) is 18.5. The van der Waals surface area contributed by atoms with Crippen LogP contribution in [0.3, 0.4) is 0 Å². The van der Waals surface area contributed by atoms with Crippen molar-refractivity contribution < 1.29 is 32.8 Å². The summed E-state index contributed by atoms with van der Waals surface area (Å²) in [7, 11) is -4.27. The van der Waals surface area contributed by atoms with Crippen LogP contribution in [0.2, 0.25) is 0 Å². The zero-order valence-electron chi connectivity index (χ0n) is 8.55. The first-order valence-electron chi connectivity index (χ1n) is 4.04. The third-order valence-electron chi connectivity index (χ3n) is 1.22. The van der Waals surface area contributed by atoms with Crippen LogP contribution >= 0.6 is 12.6 Å². The molecule has 0 aromatic rings. The van der Waals surface area contributed by atoms with E-state index in [2.05, 4.69) is 12.6 Å². The molecule has 0 radical (unpaired) electrons. The highest BCUT2D eigenvalue weighted by molar-refractivity contribution is 7.85. The molecular formula is C6H14N2O7S2. The maximum Gasteiger partial charge on any atom is 0.321 e. The molecule has 0 aliphatic heterocycles. The van der Waals surface area contributed by atoms with Gasteiger partial charge in [-0.3, -0.25) is 14.1 Å². The summed E-state index contributed by atoms with van der Waals surface area (Å²) in [5.74, 6) is -3.23. The lowest BCUT2D eigenvalue weighted by molar-refractivity contribution is -0.138. The van der Waals surface area contributed by atoms with Crippen molar-refractivity contribution in [3.05, 3.63) is 0 Å². The van der Waals surface area contributed by atoms with Crippen LogP contribution in [0.5, 0.6) is 0 Å². The van der Waals surface area contributed by atoms with Gasteiger partial charge in [-0.1, -0.05) is 0 Å². The van der Waals surface area contributed by atoms with Crippen LogP contribution in [-0.2, 0) is 19.7 Å². The van der Waals surface area contributed by atoms with Gasteiger partial charge in [-0.15, -0.1) is 0 Å². The van der Waals surface area contributed by atoms with Crippen LogP contribution in [0.4, 0.5) is 0 Å². The van der Waals surface area contributed by atoms with E-state index in [4.69, 9.17) is 26.2 Å². The molecule has 1 unspecified atom stereocenters. The number of carbonyl (C=O) groups is 2. The molecule has 0 saturated heterocycles. The summed E-state index contributed by atoms with van der Waals surface area (Å²) in [6, 6.07) is -2.38. The van der Waals surface area contributed by atoms with Gasteiger partial charge in [0.1, 0.15) is 17.8 Å². The zero-order valence-corrected chi connectivity index (χ0v) is 10.3. The smallest absolute Gasteiger partial charge is 0.321 e. The van der Waals surface area contributed by atoms with E-state index in [0.717, 1.165) is 0 Å². The Morgan fingerprint density at radius 2 is 1.47 bits per heavy atom. The van der Waals surface area contributed by atoms with Gasteiger partial charge in [0.2, 0.25) is 0 Å². The van der Waals surface area contributed by atoms with Gasteiger partial charge in [0, 0.05) is 5.75 Å². The molecule has 11 heteroatoms. The molecule has 17 heavy (non-hydrogen) atoms. The summed E-state index contributed by atoms with van der Waals surface area (Å²) in [4.78, 5) is 19.6. The quantitative estimate of drug-likeness (QED) is 0.238. The normalized spacial score (nSPS) is 14.1. The second-order valence-corrected chi connectivity index (χ2v) is 4.68. The molecular weight excluding hydrogens is 276 g/mol. The van der Waals surface area contributed by atoms with Crippen LogP contribution in [0.1, 0.15) is 0 Å². The molecule has 0 aliphatic rings. The fraction of sp³-hybridized carbons (Fsp3) is 0.667. The molecule has 0 aromatic heterocycles. The van der Waals surface area contributed by atoms with E-state index in [9.17, 15) is 18.0 Å². The third-order valence-corrected chi connectivity index (χ3v) is 2.40. The van der Waals surface area contributed by atoms with E-state index in [1.165, 1.54) is 0 Å². The molecule has 7 N–H and O–H groups in total. The molecule has 0 heterocycles. The van der Waals surface area contributed by atoms with E-state index in [0.29, 0.717) is 0 Å². The van der Waals surface area contributed by atoms with Crippen molar-refractivity contribution in [3.63, 3.8) is 0 Å². The Morgan fingerprint density at radius 1 is 1.12 bits per heavy atom. The average molecular weight is 290 g/mol. The Bertz CT molecular complexity index is 355. The number of hydrogen-bond acceptors (Lipinski definition) is 7. The predicted octanol–water partition coefficient (Wildman–Crippen LogP) is -2.39. The van der Waals surface area contributed by atoms with Crippen LogP contribution in [0.25, 0.3) is 0 Å². The molecule has 0 saturated carbocycles.